The number of carbonyl (C=O) groups excluding carboxylic acids is 1. The number of aliphatic hydroxyl groups excluding tert-OH is 1. The highest BCUT2D eigenvalue weighted by molar-refractivity contribution is 5.85. The Hall–Kier alpha value is -1.51. The van der Waals surface area contributed by atoms with E-state index in [1.54, 1.807) is 19.1 Å². The van der Waals surface area contributed by atoms with Crippen LogP contribution in [-0.2, 0) is 11.3 Å². The Morgan fingerprint density at radius 3 is 2.75 bits per heavy atom. The van der Waals surface area contributed by atoms with Crippen molar-refractivity contribution in [2.75, 3.05) is 13.2 Å². The van der Waals surface area contributed by atoms with Crippen LogP contribution in [0.2, 0.25) is 0 Å². The number of β-amino-alcohol motifs (C(OH)–C–C–N with tert-alkyl or cyclic N) is 1. The average Bonchev–Trinajstić information content (AvgIpc) is 2.89. The predicted octanol–water partition coefficient (Wildman–Crippen LogP) is 1.70. The highest BCUT2D eigenvalue weighted by Crippen LogP contribution is 2.23. The van der Waals surface area contributed by atoms with E-state index in [0.29, 0.717) is 18.5 Å². The van der Waals surface area contributed by atoms with Crippen molar-refractivity contribution in [1.82, 2.24) is 10.6 Å². The number of hydrogen-bond acceptors (Lipinski definition) is 4. The van der Waals surface area contributed by atoms with E-state index in [0.717, 1.165) is 5.56 Å². The van der Waals surface area contributed by atoms with Crippen LogP contribution in [-0.4, -0.2) is 42.5 Å². The van der Waals surface area contributed by atoms with Crippen molar-refractivity contribution in [2.45, 2.75) is 38.2 Å². The van der Waals surface area contributed by atoms with Crippen LogP contribution in [0.15, 0.2) is 18.2 Å². The summed E-state index contributed by atoms with van der Waals surface area (Å²) < 4.78 is 41.7. The zero-order valence-electron chi connectivity index (χ0n) is 13.0. The molecule has 1 fully saturated rings. The number of ether oxygens (including phenoxy) is 1. The molecule has 1 heterocycles. The lowest BCUT2D eigenvalue weighted by atomic mass is 10.1. The number of halogens is 4. The van der Waals surface area contributed by atoms with Crippen LogP contribution in [0.4, 0.5) is 13.2 Å². The van der Waals surface area contributed by atoms with Crippen LogP contribution in [0.3, 0.4) is 0 Å². The van der Waals surface area contributed by atoms with Gasteiger partial charge in [-0.2, -0.15) is 13.2 Å². The molecule has 136 valence electrons. The number of nitrogens with one attached hydrogen (secondary N) is 2. The van der Waals surface area contributed by atoms with E-state index < -0.39 is 24.9 Å². The molecule has 1 aliphatic rings. The molecule has 2 rings (SSSR count). The molecule has 0 spiro atoms. The number of aliphatic hydroxyl groups is 1. The third-order valence-electron chi connectivity index (χ3n) is 3.49. The lowest BCUT2D eigenvalue weighted by Gasteiger charge is -2.16. The number of benzene rings is 1. The minimum absolute atomic E-state index is 0. The van der Waals surface area contributed by atoms with Gasteiger partial charge in [0.25, 0.3) is 0 Å². The average molecular weight is 369 g/mol. The predicted molar refractivity (Wildman–Crippen MR) is 84.2 cm³/mol. The SMILES string of the molecule is Cc1ccc(CNC(=O)C2CC(O)CN2)c(OCC(F)(F)F)c1.Cl. The molecule has 1 aromatic carbocycles. The summed E-state index contributed by atoms with van der Waals surface area (Å²) in [5.74, 6) is -0.203. The molecule has 2 atom stereocenters. The fraction of sp³-hybridized carbons (Fsp3) is 0.533. The first-order valence-electron chi connectivity index (χ1n) is 7.23. The Morgan fingerprint density at radius 1 is 1.46 bits per heavy atom. The molecule has 1 aliphatic heterocycles. The summed E-state index contributed by atoms with van der Waals surface area (Å²) in [6.07, 6.45) is -4.67. The number of hydrogen-bond donors (Lipinski definition) is 3. The van der Waals surface area contributed by atoms with Crippen LogP contribution in [0.1, 0.15) is 17.5 Å². The van der Waals surface area contributed by atoms with Gasteiger partial charge in [-0.1, -0.05) is 12.1 Å². The van der Waals surface area contributed by atoms with Crippen molar-refractivity contribution in [1.29, 1.82) is 0 Å². The standard InChI is InChI=1S/C15H19F3N2O3.ClH/c1-9-2-3-10(13(4-9)23-8-15(16,17)18)6-20-14(22)12-5-11(21)7-19-12;/h2-4,11-12,19,21H,5-8H2,1H3,(H,20,22);1H. The highest BCUT2D eigenvalue weighted by Gasteiger charge is 2.29. The second-order valence-corrected chi connectivity index (χ2v) is 5.58. The molecule has 1 aromatic rings. The van der Waals surface area contributed by atoms with E-state index in [1.807, 2.05) is 0 Å². The minimum atomic E-state index is -4.42. The fourth-order valence-corrected chi connectivity index (χ4v) is 2.32. The minimum Gasteiger partial charge on any atom is -0.484 e. The second kappa shape index (κ2) is 8.55. The Morgan fingerprint density at radius 2 is 2.17 bits per heavy atom. The van der Waals surface area contributed by atoms with Gasteiger partial charge in [0.05, 0.1) is 12.1 Å². The van der Waals surface area contributed by atoms with E-state index in [2.05, 4.69) is 10.6 Å². The van der Waals surface area contributed by atoms with Gasteiger partial charge in [0.1, 0.15) is 5.75 Å². The molecule has 0 aliphatic carbocycles. The smallest absolute Gasteiger partial charge is 0.422 e. The molecule has 24 heavy (non-hydrogen) atoms. The van der Waals surface area contributed by atoms with Gasteiger partial charge in [-0.25, -0.2) is 0 Å². The quantitative estimate of drug-likeness (QED) is 0.740. The van der Waals surface area contributed by atoms with Crippen molar-refractivity contribution in [3.63, 3.8) is 0 Å². The molecule has 0 aromatic heterocycles. The Balaban J connectivity index is 0.00000288. The Kier molecular flexibility index (Phi) is 7.31. The van der Waals surface area contributed by atoms with Crippen LogP contribution in [0.5, 0.6) is 5.75 Å². The topological polar surface area (TPSA) is 70.6 Å². The number of alkyl halides is 3. The molecule has 5 nitrogen and oxygen atoms in total. The second-order valence-electron chi connectivity index (χ2n) is 5.58. The molecule has 0 bridgehead atoms. The number of amides is 1. The van der Waals surface area contributed by atoms with Crippen LogP contribution in [0.25, 0.3) is 0 Å². The van der Waals surface area contributed by atoms with Crippen molar-refractivity contribution in [3.8, 4) is 5.75 Å². The lowest BCUT2D eigenvalue weighted by molar-refractivity contribution is -0.153. The van der Waals surface area contributed by atoms with E-state index in [1.165, 1.54) is 6.07 Å². The third-order valence-corrected chi connectivity index (χ3v) is 3.49. The van der Waals surface area contributed by atoms with E-state index >= 15 is 0 Å². The van der Waals surface area contributed by atoms with Gasteiger partial charge in [-0.15, -0.1) is 12.4 Å². The van der Waals surface area contributed by atoms with Gasteiger partial charge < -0.3 is 20.5 Å². The maximum atomic E-state index is 12.3. The van der Waals surface area contributed by atoms with Gasteiger partial charge in [-0.3, -0.25) is 4.79 Å². The molecule has 2 unspecified atom stereocenters. The van der Waals surface area contributed by atoms with Crippen molar-refractivity contribution in [3.05, 3.63) is 29.3 Å². The lowest BCUT2D eigenvalue weighted by Crippen LogP contribution is -2.40. The van der Waals surface area contributed by atoms with Crippen LogP contribution < -0.4 is 15.4 Å². The summed E-state index contributed by atoms with van der Waals surface area (Å²) >= 11 is 0. The van der Waals surface area contributed by atoms with Crippen LogP contribution >= 0.6 is 12.4 Å². The summed E-state index contributed by atoms with van der Waals surface area (Å²) in [6, 6.07) is 4.37. The number of aryl methyl sites for hydroxylation is 1. The zero-order valence-corrected chi connectivity index (χ0v) is 13.8. The maximum Gasteiger partial charge on any atom is 0.422 e. The van der Waals surface area contributed by atoms with Crippen molar-refractivity contribution in [2.24, 2.45) is 0 Å². The van der Waals surface area contributed by atoms with Gasteiger partial charge in [0.2, 0.25) is 5.91 Å². The normalized spacial score (nSPS) is 20.4. The summed E-state index contributed by atoms with van der Waals surface area (Å²) in [6.45, 7) is 0.767. The van der Waals surface area contributed by atoms with Crippen LogP contribution in [0, 0.1) is 6.92 Å². The summed E-state index contributed by atoms with van der Waals surface area (Å²) in [5.41, 5.74) is 1.23. The largest absolute Gasteiger partial charge is 0.484 e. The summed E-state index contributed by atoms with van der Waals surface area (Å²) in [4.78, 5) is 12.0. The molecule has 0 radical (unpaired) electrons. The molecule has 9 heteroatoms. The third kappa shape index (κ3) is 6.18. The van der Waals surface area contributed by atoms with Gasteiger partial charge in [0.15, 0.2) is 6.61 Å². The zero-order chi connectivity index (χ0) is 17.0. The monoisotopic (exact) mass is 368 g/mol. The van der Waals surface area contributed by atoms with Gasteiger partial charge in [0, 0.05) is 18.7 Å². The Labute approximate surface area is 144 Å². The highest BCUT2D eigenvalue weighted by atomic mass is 35.5. The first-order chi connectivity index (χ1) is 10.7. The molecular weight excluding hydrogens is 349 g/mol. The molecule has 0 saturated carbocycles. The van der Waals surface area contributed by atoms with E-state index in [9.17, 15) is 23.1 Å². The first kappa shape index (κ1) is 20.5. The van der Waals surface area contributed by atoms with Crippen molar-refractivity contribution < 1.29 is 27.8 Å². The summed E-state index contributed by atoms with van der Waals surface area (Å²) in [5, 5.41) is 14.9. The number of carbonyl (C=O) groups is 1. The Bertz CT molecular complexity index is 569. The molecule has 1 amide bonds. The fourth-order valence-electron chi connectivity index (χ4n) is 2.32. The van der Waals surface area contributed by atoms with Crippen molar-refractivity contribution >= 4 is 18.3 Å². The molecular formula is C15H20ClF3N2O3. The first-order valence-corrected chi connectivity index (χ1v) is 7.23. The summed E-state index contributed by atoms with van der Waals surface area (Å²) in [7, 11) is 0. The maximum absolute atomic E-state index is 12.3. The molecule has 1 saturated heterocycles. The van der Waals surface area contributed by atoms with Gasteiger partial charge >= 0.3 is 6.18 Å². The van der Waals surface area contributed by atoms with Gasteiger partial charge in [-0.05, 0) is 25.0 Å². The van der Waals surface area contributed by atoms with E-state index in [4.69, 9.17) is 4.74 Å². The van der Waals surface area contributed by atoms with E-state index in [-0.39, 0.29) is 30.6 Å². The number of rotatable bonds is 5. The molecule has 3 N–H and O–H groups in total.